The molecule has 1 N–H and O–H groups in total. The summed E-state index contributed by atoms with van der Waals surface area (Å²) in [7, 11) is 3.47. The van der Waals surface area contributed by atoms with E-state index in [-0.39, 0.29) is 50.5 Å². The van der Waals surface area contributed by atoms with Crippen molar-refractivity contribution in [2.75, 3.05) is 27.2 Å². The minimum absolute atomic E-state index is 0.00545. The van der Waals surface area contributed by atoms with Crippen molar-refractivity contribution >= 4 is 35.0 Å². The van der Waals surface area contributed by atoms with E-state index in [0.717, 1.165) is 32.0 Å². The van der Waals surface area contributed by atoms with Crippen molar-refractivity contribution in [2.24, 2.45) is 5.41 Å². The molecule has 5 rings (SSSR count). The average molecular weight is 713 g/mol. The largest absolute Gasteiger partial charge is 0.496 e. The van der Waals surface area contributed by atoms with E-state index < -0.39 is 41.0 Å². The third kappa shape index (κ3) is 7.63. The summed E-state index contributed by atoms with van der Waals surface area (Å²) in [5.74, 6) is -3.26. The lowest BCUT2D eigenvalue weighted by molar-refractivity contribution is -0.120. The van der Waals surface area contributed by atoms with Gasteiger partial charge in [0.1, 0.15) is 28.9 Å². The molecule has 3 aromatic carbocycles. The number of ether oxygens (including phenoxy) is 2. The van der Waals surface area contributed by atoms with Gasteiger partial charge in [0.15, 0.2) is 5.78 Å². The fourth-order valence-electron chi connectivity index (χ4n) is 7.25. The number of ketones is 1. The number of nitrogens with one attached hydrogen (secondary N) is 1. The number of benzene rings is 3. The Bertz CT molecular complexity index is 1770. The Hall–Kier alpha value is -3.55. The molecule has 0 radical (unpaired) electrons. The van der Waals surface area contributed by atoms with Gasteiger partial charge in [-0.2, -0.15) is 5.26 Å². The first-order valence-electron chi connectivity index (χ1n) is 16.3. The van der Waals surface area contributed by atoms with Crippen LogP contribution in [0, 0.1) is 28.4 Å². The molecule has 0 amide bonds. The van der Waals surface area contributed by atoms with Crippen LogP contribution >= 0.6 is 23.2 Å². The first-order valence-corrected chi connectivity index (χ1v) is 17.1. The van der Waals surface area contributed by atoms with Gasteiger partial charge in [-0.15, -0.1) is 0 Å². The molecule has 0 aliphatic carbocycles. The number of carbonyl (C=O) groups is 2. The molecule has 2 aliphatic rings. The van der Waals surface area contributed by atoms with Crippen molar-refractivity contribution in [1.82, 2.24) is 10.2 Å². The van der Waals surface area contributed by atoms with Crippen molar-refractivity contribution in [2.45, 2.75) is 76.0 Å². The van der Waals surface area contributed by atoms with E-state index in [0.29, 0.717) is 17.7 Å². The Kier molecular flexibility index (Phi) is 11.0. The van der Waals surface area contributed by atoms with Gasteiger partial charge >= 0.3 is 5.97 Å². The highest BCUT2D eigenvalue weighted by molar-refractivity contribution is 6.31. The summed E-state index contributed by atoms with van der Waals surface area (Å²) in [5.41, 5.74) is -1.32. The van der Waals surface area contributed by atoms with Crippen LogP contribution in [-0.2, 0) is 21.4 Å². The number of carbonyl (C=O) groups excluding carboxylic acids is 2. The number of halogens is 4. The van der Waals surface area contributed by atoms with Crippen LogP contribution in [0.15, 0.2) is 54.6 Å². The van der Waals surface area contributed by atoms with Crippen LogP contribution < -0.4 is 10.1 Å². The monoisotopic (exact) mass is 711 g/mol. The maximum Gasteiger partial charge on any atom is 0.338 e. The predicted molar refractivity (Wildman–Crippen MR) is 185 cm³/mol. The van der Waals surface area contributed by atoms with Crippen LogP contribution in [0.2, 0.25) is 10.0 Å². The van der Waals surface area contributed by atoms with Gasteiger partial charge in [0, 0.05) is 47.6 Å². The second-order valence-electron chi connectivity index (χ2n) is 14.3. The number of nitrogens with zero attached hydrogens (tertiary/aromatic N) is 2. The lowest BCUT2D eigenvalue weighted by Crippen LogP contribution is -2.44. The summed E-state index contributed by atoms with van der Waals surface area (Å²) in [6.07, 6.45) is 1.48. The summed E-state index contributed by atoms with van der Waals surface area (Å²) in [6, 6.07) is 13.7. The molecule has 2 aliphatic heterocycles. The van der Waals surface area contributed by atoms with Gasteiger partial charge in [-0.25, -0.2) is 13.6 Å². The third-order valence-electron chi connectivity index (χ3n) is 9.62. The summed E-state index contributed by atoms with van der Waals surface area (Å²) in [4.78, 5) is 29.7. The molecule has 2 fully saturated rings. The minimum Gasteiger partial charge on any atom is -0.496 e. The Morgan fingerprint density at radius 2 is 1.80 bits per heavy atom. The van der Waals surface area contributed by atoms with E-state index in [2.05, 4.69) is 16.3 Å². The number of likely N-dealkylation sites (tertiary alicyclic amines) is 1. The quantitative estimate of drug-likeness (QED) is 0.228. The number of nitriles is 1. The van der Waals surface area contributed by atoms with Crippen molar-refractivity contribution in [3.8, 4) is 11.8 Å². The number of hydrogen-bond acceptors (Lipinski definition) is 7. The Balaban J connectivity index is 1.55. The van der Waals surface area contributed by atoms with Crippen molar-refractivity contribution in [3.05, 3.63) is 98.5 Å². The molecular weight excluding hydrogens is 671 g/mol. The summed E-state index contributed by atoms with van der Waals surface area (Å²) in [5, 5.41) is 14.4. The van der Waals surface area contributed by atoms with Gasteiger partial charge in [-0.1, -0.05) is 68.2 Å². The number of rotatable bonds is 9. The normalized spacial score (nSPS) is 23.2. The Morgan fingerprint density at radius 1 is 1.08 bits per heavy atom. The highest BCUT2D eigenvalue weighted by atomic mass is 35.5. The van der Waals surface area contributed by atoms with Crippen LogP contribution in [0.4, 0.5) is 8.78 Å². The van der Waals surface area contributed by atoms with Gasteiger partial charge in [0.25, 0.3) is 0 Å². The first kappa shape index (κ1) is 36.7. The maximum absolute atomic E-state index is 16.0. The van der Waals surface area contributed by atoms with Crippen molar-refractivity contribution in [3.63, 3.8) is 0 Å². The zero-order valence-corrected chi connectivity index (χ0v) is 29.8. The van der Waals surface area contributed by atoms with Crippen LogP contribution in [0.25, 0.3) is 0 Å². The SMILES string of the molecule is COc1cc(C(=O)OC2CCN(C)CC2)ccc1CC(=O)[C@@H]1N[C@@H](CC(C)(C)C)[C@](C#N)(c2ccc(Cl)cc2F)[C@H]1c1cccc(Cl)c1F. The molecule has 0 saturated carbocycles. The summed E-state index contributed by atoms with van der Waals surface area (Å²) < 4.78 is 43.3. The fourth-order valence-corrected chi connectivity index (χ4v) is 7.59. The smallest absolute Gasteiger partial charge is 0.338 e. The number of esters is 1. The molecule has 3 aromatic rings. The molecule has 49 heavy (non-hydrogen) atoms. The maximum atomic E-state index is 16.0. The average Bonchev–Trinajstić information content (AvgIpc) is 3.36. The highest BCUT2D eigenvalue weighted by Crippen LogP contribution is 2.53. The lowest BCUT2D eigenvalue weighted by atomic mass is 9.62. The van der Waals surface area contributed by atoms with E-state index in [4.69, 9.17) is 32.7 Å². The molecule has 0 aromatic heterocycles. The van der Waals surface area contributed by atoms with Gasteiger partial charge in [-0.05, 0) is 67.6 Å². The van der Waals surface area contributed by atoms with E-state index in [9.17, 15) is 14.9 Å². The molecule has 0 spiro atoms. The molecule has 2 saturated heterocycles. The van der Waals surface area contributed by atoms with E-state index in [1.807, 2.05) is 27.8 Å². The Labute approximate surface area is 296 Å². The van der Waals surface area contributed by atoms with E-state index in [1.165, 1.54) is 31.4 Å². The molecule has 4 atom stereocenters. The second kappa shape index (κ2) is 14.7. The van der Waals surface area contributed by atoms with Crippen LogP contribution in [0.5, 0.6) is 5.75 Å². The van der Waals surface area contributed by atoms with Crippen LogP contribution in [0.3, 0.4) is 0 Å². The van der Waals surface area contributed by atoms with Crippen molar-refractivity contribution in [1.29, 1.82) is 5.26 Å². The van der Waals surface area contributed by atoms with Crippen molar-refractivity contribution < 1.29 is 27.8 Å². The van der Waals surface area contributed by atoms with Crippen LogP contribution in [-0.4, -0.2) is 62.1 Å². The minimum atomic E-state index is -1.74. The summed E-state index contributed by atoms with van der Waals surface area (Å²) >= 11 is 12.4. The number of methoxy groups -OCH3 is 1. The lowest BCUT2D eigenvalue weighted by Gasteiger charge is -2.37. The third-order valence-corrected chi connectivity index (χ3v) is 10.1. The predicted octanol–water partition coefficient (Wildman–Crippen LogP) is 7.66. The highest BCUT2D eigenvalue weighted by Gasteiger charge is 2.61. The molecule has 2 heterocycles. The molecule has 0 unspecified atom stereocenters. The van der Waals surface area contributed by atoms with E-state index in [1.54, 1.807) is 24.3 Å². The molecule has 0 bridgehead atoms. The standard InChI is InChI=1S/C38H41Cl2F2N3O4/c1-37(2,3)20-32-38(21-43,27-12-11-24(39)19-29(27)41)33(26-7-6-8-28(40)34(26)42)35(44-32)30(46)17-22-9-10-23(18-31(22)48-5)36(47)49-25-13-15-45(4)16-14-25/h6-12,18-19,25,32-33,35,44H,13-17,20H2,1-5H3/t32-,33-,35-,38-/m0/s1. The number of piperidine rings is 1. The fraction of sp³-hybridized carbons (Fsp3) is 0.447. The topological polar surface area (TPSA) is 91.7 Å². The number of hydrogen-bond donors (Lipinski definition) is 1. The zero-order valence-electron chi connectivity index (χ0n) is 28.3. The van der Waals surface area contributed by atoms with Gasteiger partial charge < -0.3 is 19.7 Å². The Morgan fingerprint density at radius 3 is 2.43 bits per heavy atom. The van der Waals surface area contributed by atoms with Crippen LogP contribution in [0.1, 0.15) is 73.0 Å². The number of Topliss-reactive ketones (excluding diaryl/α,β-unsaturated/α-hetero) is 1. The van der Waals surface area contributed by atoms with Gasteiger partial charge in [-0.3, -0.25) is 4.79 Å². The summed E-state index contributed by atoms with van der Waals surface area (Å²) in [6.45, 7) is 7.60. The zero-order chi connectivity index (χ0) is 35.7. The van der Waals surface area contributed by atoms with Gasteiger partial charge in [0.05, 0.1) is 29.8 Å². The van der Waals surface area contributed by atoms with E-state index >= 15 is 8.78 Å². The molecule has 11 heteroatoms. The second-order valence-corrected chi connectivity index (χ2v) is 15.1. The van der Waals surface area contributed by atoms with Gasteiger partial charge in [0.2, 0.25) is 0 Å². The first-order chi connectivity index (χ1) is 23.2. The molecule has 260 valence electrons. The molecular formula is C38H41Cl2F2N3O4. The molecule has 7 nitrogen and oxygen atoms in total.